The number of halogens is 1. The van der Waals surface area contributed by atoms with Crippen LogP contribution >= 0.6 is 15.9 Å². The van der Waals surface area contributed by atoms with Crippen molar-refractivity contribution in [2.24, 2.45) is 0 Å². The Hall–Kier alpha value is -2.10. The molecule has 0 bridgehead atoms. The van der Waals surface area contributed by atoms with Gasteiger partial charge in [-0.15, -0.1) is 0 Å². The molecule has 0 radical (unpaired) electrons. The molecule has 1 unspecified atom stereocenters. The summed E-state index contributed by atoms with van der Waals surface area (Å²) in [6.07, 6.45) is 1.89. The van der Waals surface area contributed by atoms with E-state index in [-0.39, 0.29) is 28.2 Å². The molecule has 1 aliphatic heterocycles. The van der Waals surface area contributed by atoms with Gasteiger partial charge >= 0.3 is 0 Å². The van der Waals surface area contributed by atoms with Gasteiger partial charge in [-0.1, -0.05) is 12.1 Å². The lowest BCUT2D eigenvalue weighted by Crippen LogP contribution is -2.32. The molecule has 2 N–H and O–H groups in total. The van der Waals surface area contributed by atoms with Gasteiger partial charge in [-0.25, -0.2) is 8.42 Å². The quantitative estimate of drug-likeness (QED) is 0.650. The van der Waals surface area contributed by atoms with E-state index in [0.717, 1.165) is 12.8 Å². The Morgan fingerprint density at radius 2 is 2.07 bits per heavy atom. The zero-order valence-corrected chi connectivity index (χ0v) is 17.7. The van der Waals surface area contributed by atoms with Crippen molar-refractivity contribution in [2.75, 3.05) is 25.0 Å². The Morgan fingerprint density at radius 1 is 1.29 bits per heavy atom. The van der Waals surface area contributed by atoms with Crippen LogP contribution in [0, 0.1) is 0 Å². The van der Waals surface area contributed by atoms with Crippen molar-refractivity contribution in [2.45, 2.75) is 23.8 Å². The van der Waals surface area contributed by atoms with Crippen LogP contribution in [0.15, 0.2) is 51.8 Å². The molecule has 3 rings (SSSR count). The van der Waals surface area contributed by atoms with Crippen LogP contribution in [0.3, 0.4) is 0 Å². The number of amides is 1. The summed E-state index contributed by atoms with van der Waals surface area (Å²) < 4.78 is 39.2. The van der Waals surface area contributed by atoms with Gasteiger partial charge in [0.25, 0.3) is 15.9 Å². The fourth-order valence-electron chi connectivity index (χ4n) is 2.90. The van der Waals surface area contributed by atoms with Gasteiger partial charge in [0.1, 0.15) is 5.75 Å². The first kappa shape index (κ1) is 20.6. The van der Waals surface area contributed by atoms with Crippen LogP contribution < -0.4 is 14.8 Å². The van der Waals surface area contributed by atoms with E-state index in [2.05, 4.69) is 26.0 Å². The van der Waals surface area contributed by atoms with E-state index in [4.69, 9.17) is 9.47 Å². The predicted octanol–water partition coefficient (Wildman–Crippen LogP) is 3.17. The van der Waals surface area contributed by atoms with Gasteiger partial charge in [0.15, 0.2) is 0 Å². The molecule has 7 nitrogen and oxygen atoms in total. The molecule has 0 aromatic heterocycles. The smallest absolute Gasteiger partial charge is 0.261 e. The SMILES string of the molecule is COc1ccc(S(=O)(=O)Nc2ccccc2C(=O)NCC2CCCO2)cc1Br. The molecule has 0 spiro atoms. The van der Waals surface area contributed by atoms with Crippen molar-refractivity contribution in [1.82, 2.24) is 5.32 Å². The molecule has 2 aromatic rings. The average molecular weight is 469 g/mol. The van der Waals surface area contributed by atoms with Crippen LogP contribution in [0.4, 0.5) is 5.69 Å². The highest BCUT2D eigenvalue weighted by molar-refractivity contribution is 9.10. The van der Waals surface area contributed by atoms with E-state index >= 15 is 0 Å². The third-order valence-electron chi connectivity index (χ3n) is 4.36. The molecule has 1 aliphatic rings. The zero-order valence-electron chi connectivity index (χ0n) is 15.3. The van der Waals surface area contributed by atoms with Gasteiger partial charge in [-0.2, -0.15) is 0 Å². The van der Waals surface area contributed by atoms with Gasteiger partial charge in [-0.05, 0) is 59.1 Å². The fraction of sp³-hybridized carbons (Fsp3) is 0.316. The number of nitrogens with one attached hydrogen (secondary N) is 2. The summed E-state index contributed by atoms with van der Waals surface area (Å²) in [6, 6.07) is 10.9. The lowest BCUT2D eigenvalue weighted by Gasteiger charge is -2.15. The van der Waals surface area contributed by atoms with Crippen LogP contribution in [0.2, 0.25) is 0 Å². The van der Waals surface area contributed by atoms with Crippen LogP contribution in [0.25, 0.3) is 0 Å². The second-order valence-corrected chi connectivity index (χ2v) is 8.83. The van der Waals surface area contributed by atoms with Gasteiger partial charge in [-0.3, -0.25) is 9.52 Å². The molecule has 2 aromatic carbocycles. The van der Waals surface area contributed by atoms with Crippen LogP contribution in [-0.2, 0) is 14.8 Å². The van der Waals surface area contributed by atoms with Crippen molar-refractivity contribution in [3.05, 3.63) is 52.5 Å². The standard InChI is InChI=1S/C19H21BrN2O5S/c1-26-18-9-8-14(11-16(18)20)28(24,25)22-17-7-3-2-6-15(17)19(23)21-12-13-5-4-10-27-13/h2-3,6-9,11,13,22H,4-5,10,12H2,1H3,(H,21,23). The first-order valence-corrected chi connectivity index (χ1v) is 11.0. The number of sulfonamides is 1. The normalized spacial score (nSPS) is 16.6. The van der Waals surface area contributed by atoms with E-state index in [1.165, 1.54) is 19.2 Å². The van der Waals surface area contributed by atoms with Crippen LogP contribution in [0.1, 0.15) is 23.2 Å². The maximum absolute atomic E-state index is 12.8. The molecule has 1 fully saturated rings. The Kier molecular flexibility index (Phi) is 6.58. The number of carbonyl (C=O) groups is 1. The lowest BCUT2D eigenvalue weighted by atomic mass is 10.1. The molecule has 1 atom stereocenters. The summed E-state index contributed by atoms with van der Waals surface area (Å²) in [5.74, 6) is 0.164. The van der Waals surface area contributed by atoms with E-state index < -0.39 is 10.0 Å². The third-order valence-corrected chi connectivity index (χ3v) is 6.35. The number of hydrogen-bond acceptors (Lipinski definition) is 5. The van der Waals surface area contributed by atoms with Gasteiger partial charge < -0.3 is 14.8 Å². The van der Waals surface area contributed by atoms with Crippen molar-refractivity contribution >= 4 is 37.5 Å². The number of anilines is 1. The van der Waals surface area contributed by atoms with Crippen LogP contribution in [-0.4, -0.2) is 40.7 Å². The second-order valence-electron chi connectivity index (χ2n) is 6.29. The molecule has 1 saturated heterocycles. The number of methoxy groups -OCH3 is 1. The van der Waals surface area contributed by atoms with E-state index in [9.17, 15) is 13.2 Å². The van der Waals surface area contributed by atoms with Crippen LogP contribution in [0.5, 0.6) is 5.75 Å². The number of rotatable bonds is 7. The Balaban J connectivity index is 1.78. The summed E-state index contributed by atoms with van der Waals surface area (Å²) in [5.41, 5.74) is 0.455. The zero-order chi connectivity index (χ0) is 20.1. The summed E-state index contributed by atoms with van der Waals surface area (Å²) in [7, 11) is -2.39. The number of carbonyl (C=O) groups excluding carboxylic acids is 1. The monoisotopic (exact) mass is 468 g/mol. The van der Waals surface area contributed by atoms with Crippen molar-refractivity contribution in [3.8, 4) is 5.75 Å². The van der Waals surface area contributed by atoms with E-state index in [1.807, 2.05) is 0 Å². The molecule has 1 heterocycles. The number of benzene rings is 2. The number of hydrogen-bond donors (Lipinski definition) is 2. The molecule has 28 heavy (non-hydrogen) atoms. The summed E-state index contributed by atoms with van der Waals surface area (Å²) >= 11 is 3.28. The topological polar surface area (TPSA) is 93.7 Å². The summed E-state index contributed by atoms with van der Waals surface area (Å²) in [6.45, 7) is 1.10. The minimum absolute atomic E-state index is 0.00412. The first-order chi connectivity index (χ1) is 13.4. The summed E-state index contributed by atoms with van der Waals surface area (Å²) in [4.78, 5) is 12.6. The van der Waals surface area contributed by atoms with Crippen molar-refractivity contribution in [3.63, 3.8) is 0 Å². The largest absolute Gasteiger partial charge is 0.496 e. The van der Waals surface area contributed by atoms with Gasteiger partial charge in [0, 0.05) is 13.2 Å². The van der Waals surface area contributed by atoms with Crippen molar-refractivity contribution in [1.29, 1.82) is 0 Å². The first-order valence-electron chi connectivity index (χ1n) is 8.76. The van der Waals surface area contributed by atoms with E-state index in [0.29, 0.717) is 23.4 Å². The van der Waals surface area contributed by atoms with Gasteiger partial charge in [0.2, 0.25) is 0 Å². The Morgan fingerprint density at radius 3 is 2.75 bits per heavy atom. The highest BCUT2D eigenvalue weighted by atomic mass is 79.9. The third kappa shape index (κ3) is 4.84. The fourth-order valence-corrected chi connectivity index (χ4v) is 4.69. The molecule has 0 aliphatic carbocycles. The highest BCUT2D eigenvalue weighted by Gasteiger charge is 2.21. The molecular weight excluding hydrogens is 448 g/mol. The van der Waals surface area contributed by atoms with Gasteiger partial charge in [0.05, 0.1) is 33.8 Å². The molecule has 9 heteroatoms. The second kappa shape index (κ2) is 8.93. The molecule has 0 saturated carbocycles. The predicted molar refractivity (Wildman–Crippen MR) is 109 cm³/mol. The molecule has 1 amide bonds. The Labute approximate surface area is 172 Å². The molecule has 150 valence electrons. The minimum atomic E-state index is -3.89. The van der Waals surface area contributed by atoms with Crippen molar-refractivity contribution < 1.29 is 22.7 Å². The maximum atomic E-state index is 12.8. The Bertz CT molecular complexity index is 959. The maximum Gasteiger partial charge on any atom is 0.261 e. The van der Waals surface area contributed by atoms with E-state index in [1.54, 1.807) is 30.3 Å². The highest BCUT2D eigenvalue weighted by Crippen LogP contribution is 2.29. The molecular formula is C19H21BrN2O5S. The average Bonchev–Trinajstić information content (AvgIpc) is 3.20. The number of ether oxygens (including phenoxy) is 2. The summed E-state index contributed by atoms with van der Waals surface area (Å²) in [5, 5.41) is 2.81. The lowest BCUT2D eigenvalue weighted by molar-refractivity contribution is 0.0858. The minimum Gasteiger partial charge on any atom is -0.496 e. The number of para-hydroxylation sites is 1.